The molecule has 0 unspecified atom stereocenters. The maximum atomic E-state index is 5.70. The van der Waals surface area contributed by atoms with Gasteiger partial charge in [0.1, 0.15) is 5.60 Å². The lowest BCUT2D eigenvalue weighted by Crippen LogP contribution is -2.25. The van der Waals surface area contributed by atoms with Gasteiger partial charge in [-0.15, -0.1) is 0 Å². The summed E-state index contributed by atoms with van der Waals surface area (Å²) in [7, 11) is 0. The van der Waals surface area contributed by atoms with Gasteiger partial charge >= 0.3 is 6.01 Å². The highest BCUT2D eigenvalue weighted by Crippen LogP contribution is 2.20. The van der Waals surface area contributed by atoms with Crippen LogP contribution in [0.25, 0.3) is 0 Å². The van der Waals surface area contributed by atoms with Crippen molar-refractivity contribution in [2.24, 2.45) is 0 Å². The van der Waals surface area contributed by atoms with Crippen LogP contribution in [0.15, 0.2) is 6.07 Å². The SMILES string of the molecule is Cc1cc(CNC2CC2)nc(OC(C)(C)C)n1. The molecule has 4 heteroatoms. The van der Waals surface area contributed by atoms with Gasteiger partial charge in [-0.05, 0) is 46.6 Å². The van der Waals surface area contributed by atoms with Gasteiger partial charge in [0.25, 0.3) is 0 Å². The van der Waals surface area contributed by atoms with Crippen molar-refractivity contribution in [1.82, 2.24) is 15.3 Å². The molecule has 1 aliphatic rings. The Kier molecular flexibility index (Phi) is 3.33. The predicted octanol–water partition coefficient (Wildman–Crippen LogP) is 2.21. The molecule has 0 aromatic carbocycles. The summed E-state index contributed by atoms with van der Waals surface area (Å²) in [5.74, 6) is 0. The lowest BCUT2D eigenvalue weighted by molar-refractivity contribution is 0.116. The van der Waals surface area contributed by atoms with E-state index < -0.39 is 0 Å². The van der Waals surface area contributed by atoms with Gasteiger partial charge in [-0.1, -0.05) is 0 Å². The number of nitrogens with zero attached hydrogens (tertiary/aromatic N) is 2. The smallest absolute Gasteiger partial charge is 0.317 e. The summed E-state index contributed by atoms with van der Waals surface area (Å²) in [5.41, 5.74) is 1.70. The molecule has 4 nitrogen and oxygen atoms in total. The normalized spacial score (nSPS) is 16.0. The quantitative estimate of drug-likeness (QED) is 0.869. The fourth-order valence-electron chi connectivity index (χ4n) is 1.55. The highest BCUT2D eigenvalue weighted by molar-refractivity contribution is 5.13. The molecule has 1 aromatic heterocycles. The fraction of sp³-hybridized carbons (Fsp3) is 0.692. The van der Waals surface area contributed by atoms with E-state index in [4.69, 9.17) is 4.74 Å². The van der Waals surface area contributed by atoms with E-state index in [-0.39, 0.29) is 5.60 Å². The third kappa shape index (κ3) is 4.30. The Morgan fingerprint density at radius 3 is 2.65 bits per heavy atom. The van der Waals surface area contributed by atoms with Crippen LogP contribution in [0.5, 0.6) is 6.01 Å². The van der Waals surface area contributed by atoms with Crippen LogP contribution in [0.1, 0.15) is 45.0 Å². The van der Waals surface area contributed by atoms with E-state index in [2.05, 4.69) is 15.3 Å². The van der Waals surface area contributed by atoms with Crippen molar-refractivity contribution in [2.75, 3.05) is 0 Å². The van der Waals surface area contributed by atoms with Crippen LogP contribution in [0.3, 0.4) is 0 Å². The van der Waals surface area contributed by atoms with E-state index >= 15 is 0 Å². The van der Waals surface area contributed by atoms with Gasteiger partial charge in [0, 0.05) is 18.3 Å². The summed E-state index contributed by atoms with van der Waals surface area (Å²) in [6, 6.07) is 3.17. The van der Waals surface area contributed by atoms with Crippen molar-refractivity contribution in [3.63, 3.8) is 0 Å². The Morgan fingerprint density at radius 1 is 1.35 bits per heavy atom. The Morgan fingerprint density at radius 2 is 2.06 bits per heavy atom. The van der Waals surface area contributed by atoms with E-state index in [0.29, 0.717) is 12.1 Å². The second-order valence-electron chi connectivity index (χ2n) is 5.65. The van der Waals surface area contributed by atoms with Crippen molar-refractivity contribution < 1.29 is 4.74 Å². The molecule has 0 saturated heterocycles. The largest absolute Gasteiger partial charge is 0.458 e. The van der Waals surface area contributed by atoms with Crippen LogP contribution in [0, 0.1) is 6.92 Å². The van der Waals surface area contributed by atoms with Crippen LogP contribution >= 0.6 is 0 Å². The Bertz CT molecular complexity index is 394. The second kappa shape index (κ2) is 4.61. The molecule has 17 heavy (non-hydrogen) atoms. The molecule has 1 saturated carbocycles. The van der Waals surface area contributed by atoms with Gasteiger partial charge in [0.05, 0.1) is 5.69 Å². The average molecular weight is 235 g/mol. The number of rotatable bonds is 4. The van der Waals surface area contributed by atoms with E-state index in [1.54, 1.807) is 0 Å². The zero-order valence-corrected chi connectivity index (χ0v) is 11.1. The molecule has 0 aliphatic heterocycles. The molecule has 0 spiro atoms. The first-order valence-corrected chi connectivity index (χ1v) is 6.19. The fourth-order valence-corrected chi connectivity index (χ4v) is 1.55. The second-order valence-corrected chi connectivity index (χ2v) is 5.65. The van der Waals surface area contributed by atoms with E-state index in [0.717, 1.165) is 17.9 Å². The van der Waals surface area contributed by atoms with Crippen LogP contribution in [-0.2, 0) is 6.54 Å². The number of nitrogens with one attached hydrogen (secondary N) is 1. The van der Waals surface area contributed by atoms with Gasteiger partial charge in [-0.3, -0.25) is 0 Å². The lowest BCUT2D eigenvalue weighted by atomic mass is 10.2. The zero-order valence-electron chi connectivity index (χ0n) is 11.1. The first kappa shape index (κ1) is 12.3. The van der Waals surface area contributed by atoms with Crippen LogP contribution < -0.4 is 10.1 Å². The van der Waals surface area contributed by atoms with Crippen molar-refractivity contribution in [2.45, 2.75) is 58.7 Å². The minimum Gasteiger partial charge on any atom is -0.458 e. The number of hydrogen-bond acceptors (Lipinski definition) is 4. The van der Waals surface area contributed by atoms with Crippen molar-refractivity contribution in [3.8, 4) is 6.01 Å². The highest BCUT2D eigenvalue weighted by Gasteiger charge is 2.20. The summed E-state index contributed by atoms with van der Waals surface area (Å²) in [4.78, 5) is 8.72. The summed E-state index contributed by atoms with van der Waals surface area (Å²) in [5, 5.41) is 3.44. The molecule has 0 radical (unpaired) electrons. The van der Waals surface area contributed by atoms with Crippen LogP contribution in [0.2, 0.25) is 0 Å². The van der Waals surface area contributed by atoms with Gasteiger partial charge in [-0.2, -0.15) is 4.98 Å². The molecule has 2 rings (SSSR count). The van der Waals surface area contributed by atoms with Gasteiger partial charge < -0.3 is 10.1 Å². The molecular formula is C13H21N3O. The predicted molar refractivity (Wildman–Crippen MR) is 67.0 cm³/mol. The first-order valence-electron chi connectivity index (χ1n) is 6.19. The average Bonchev–Trinajstić information content (AvgIpc) is 2.94. The number of aryl methyl sites for hydroxylation is 1. The number of hydrogen-bond donors (Lipinski definition) is 1. The molecule has 1 aromatic rings. The molecule has 0 bridgehead atoms. The number of ether oxygens (including phenoxy) is 1. The minimum absolute atomic E-state index is 0.255. The summed E-state index contributed by atoms with van der Waals surface area (Å²) >= 11 is 0. The van der Waals surface area contributed by atoms with Crippen molar-refractivity contribution in [1.29, 1.82) is 0 Å². The van der Waals surface area contributed by atoms with Crippen LogP contribution in [-0.4, -0.2) is 21.6 Å². The van der Waals surface area contributed by atoms with Crippen LogP contribution in [0.4, 0.5) is 0 Å². The van der Waals surface area contributed by atoms with E-state index in [1.165, 1.54) is 12.8 Å². The molecule has 1 fully saturated rings. The Balaban J connectivity index is 2.04. The van der Waals surface area contributed by atoms with E-state index in [1.807, 2.05) is 33.8 Å². The molecular weight excluding hydrogens is 214 g/mol. The van der Waals surface area contributed by atoms with E-state index in [9.17, 15) is 0 Å². The molecule has 1 aliphatic carbocycles. The molecule has 0 atom stereocenters. The third-order valence-corrected chi connectivity index (χ3v) is 2.43. The summed E-state index contributed by atoms with van der Waals surface area (Å²) < 4.78 is 5.70. The molecule has 1 heterocycles. The summed E-state index contributed by atoms with van der Waals surface area (Å²) in [6.07, 6.45) is 2.57. The Labute approximate surface area is 103 Å². The molecule has 94 valence electrons. The van der Waals surface area contributed by atoms with Gasteiger partial charge in [0.2, 0.25) is 0 Å². The third-order valence-electron chi connectivity index (χ3n) is 2.43. The monoisotopic (exact) mass is 235 g/mol. The topological polar surface area (TPSA) is 47.0 Å². The molecule has 0 amide bonds. The highest BCUT2D eigenvalue weighted by atomic mass is 16.5. The van der Waals surface area contributed by atoms with Gasteiger partial charge in [-0.25, -0.2) is 4.98 Å². The zero-order chi connectivity index (χ0) is 12.5. The minimum atomic E-state index is -0.255. The van der Waals surface area contributed by atoms with Gasteiger partial charge in [0.15, 0.2) is 0 Å². The maximum Gasteiger partial charge on any atom is 0.317 e. The maximum absolute atomic E-state index is 5.70. The first-order chi connectivity index (χ1) is 7.92. The Hall–Kier alpha value is -1.16. The van der Waals surface area contributed by atoms with Crippen molar-refractivity contribution in [3.05, 3.63) is 17.5 Å². The molecule has 1 N–H and O–H groups in total. The number of aromatic nitrogens is 2. The van der Waals surface area contributed by atoms with Crippen molar-refractivity contribution >= 4 is 0 Å². The lowest BCUT2D eigenvalue weighted by Gasteiger charge is -2.20. The summed E-state index contributed by atoms with van der Waals surface area (Å²) in [6.45, 7) is 8.77. The standard InChI is InChI=1S/C13H21N3O/c1-9-7-11(8-14-10-5-6-10)16-12(15-9)17-13(2,3)4/h7,10,14H,5-6,8H2,1-4H3.